The maximum absolute atomic E-state index is 13.8. The summed E-state index contributed by atoms with van der Waals surface area (Å²) in [5.74, 6) is 1.27. The van der Waals surface area contributed by atoms with Gasteiger partial charge in [-0.3, -0.25) is 4.79 Å². The van der Waals surface area contributed by atoms with Crippen LogP contribution in [0.25, 0.3) is 27.6 Å². The SMILES string of the molecule is Clc1ccnc(Nc2ccccc2)n1.Fc1cccc2[nH]ccc12.Fc1cccc2c1ccn2-c1ccnc(Nc2ccccc2)n1.O=CO[O-].[Cs+].[Cs+].[H-]. The van der Waals surface area contributed by atoms with E-state index in [0.717, 1.165) is 22.4 Å². The predicted molar refractivity (Wildman–Crippen MR) is 192 cm³/mol. The molecule has 8 aromatic rings. The molecule has 0 fully saturated rings. The van der Waals surface area contributed by atoms with Crippen LogP contribution in [0.3, 0.4) is 0 Å². The first-order chi connectivity index (χ1) is 24.9. The van der Waals surface area contributed by atoms with Gasteiger partial charge in [0.15, 0.2) is 0 Å². The summed E-state index contributed by atoms with van der Waals surface area (Å²) in [6.45, 7) is -0.181. The third kappa shape index (κ3) is 13.9. The first-order valence-corrected chi connectivity index (χ1v) is 15.5. The molecule has 4 heterocycles. The molecule has 0 aliphatic heterocycles. The third-order valence-corrected chi connectivity index (χ3v) is 7.04. The van der Waals surface area contributed by atoms with E-state index in [1.54, 1.807) is 55.0 Å². The van der Waals surface area contributed by atoms with E-state index in [0.29, 0.717) is 33.6 Å². The number of para-hydroxylation sites is 2. The molecule has 8 rings (SSSR count). The van der Waals surface area contributed by atoms with Gasteiger partial charge in [0.1, 0.15) is 22.6 Å². The molecule has 0 amide bonds. The zero-order chi connectivity index (χ0) is 35.8. The van der Waals surface area contributed by atoms with Crippen LogP contribution >= 0.6 is 11.6 Å². The summed E-state index contributed by atoms with van der Waals surface area (Å²) in [7, 11) is 0. The molecule has 0 spiro atoms. The van der Waals surface area contributed by atoms with Crippen LogP contribution in [0.5, 0.6) is 0 Å². The predicted octanol–water partition coefficient (Wildman–Crippen LogP) is 2.04. The summed E-state index contributed by atoms with van der Waals surface area (Å²) in [5, 5.41) is 16.3. The number of nitrogens with one attached hydrogen (secondary N) is 3. The van der Waals surface area contributed by atoms with E-state index in [1.165, 1.54) is 12.1 Å². The van der Waals surface area contributed by atoms with Crippen LogP contribution in [-0.2, 0) is 9.68 Å². The number of nitrogens with zero attached hydrogens (tertiary/aromatic N) is 5. The Kier molecular flexibility index (Phi) is 20.3. The van der Waals surface area contributed by atoms with Crippen LogP contribution in [-0.4, -0.2) is 36.0 Å². The Morgan fingerprint density at radius 3 is 1.87 bits per heavy atom. The Bertz CT molecular complexity index is 2310. The Morgan fingerprint density at radius 1 is 0.717 bits per heavy atom. The Morgan fingerprint density at radius 2 is 1.28 bits per heavy atom. The summed E-state index contributed by atoms with van der Waals surface area (Å²) in [5.41, 5.74) is 3.47. The second-order valence-corrected chi connectivity index (χ2v) is 10.5. The second kappa shape index (κ2) is 24.0. The summed E-state index contributed by atoms with van der Waals surface area (Å²) in [6.07, 6.45) is 6.83. The van der Waals surface area contributed by atoms with Gasteiger partial charge in [0.25, 0.3) is 6.47 Å². The summed E-state index contributed by atoms with van der Waals surface area (Å²) >= 11 is 5.72. The van der Waals surface area contributed by atoms with Crippen molar-refractivity contribution in [2.75, 3.05) is 10.6 Å². The number of aromatic amines is 1. The fourth-order valence-electron chi connectivity index (χ4n) is 4.62. The fraction of sp³-hybridized carbons (Fsp3) is 0. The average molecular weight is 973 g/mol. The van der Waals surface area contributed by atoms with Crippen molar-refractivity contribution in [2.45, 2.75) is 0 Å². The molecular formula is C37H29ClCs2F2N8O3. The molecule has 258 valence electrons. The van der Waals surface area contributed by atoms with Gasteiger partial charge in [0.05, 0.1) is 5.52 Å². The summed E-state index contributed by atoms with van der Waals surface area (Å²) in [4.78, 5) is 31.0. The maximum Gasteiger partial charge on any atom is 1.00 e. The fourth-order valence-corrected chi connectivity index (χ4v) is 4.75. The number of fused-ring (bicyclic) bond motifs is 2. The smallest absolute Gasteiger partial charge is 1.00 e. The Labute approximate surface area is 427 Å². The van der Waals surface area contributed by atoms with E-state index in [1.807, 2.05) is 83.6 Å². The standard InChI is InChI=1S/C18H13FN4.C10H8ClN3.C8H6FN.CH2O3.2Cs.H/c19-15-7-4-8-16-14(15)10-12-23(16)17-9-11-20-18(22-17)21-13-5-2-1-3-6-13;11-9-6-7-12-10(14-9)13-8-4-2-1-3-5-8;9-7-2-1-3-8-6(7)4-5-10-8;2-1-4-3;;;/h1-12H,(H,20,21,22);1-7H,(H,12,13,14);1-5,10H;1,3H;;;/q;;;;2*+1;-1/p-1. The molecule has 0 saturated heterocycles. The van der Waals surface area contributed by atoms with Crippen molar-refractivity contribution in [3.8, 4) is 5.82 Å². The van der Waals surface area contributed by atoms with E-state index in [2.05, 4.69) is 40.4 Å². The zero-order valence-electron chi connectivity index (χ0n) is 29.5. The maximum atomic E-state index is 13.8. The van der Waals surface area contributed by atoms with Gasteiger partial charge in [-0.1, -0.05) is 60.1 Å². The van der Waals surface area contributed by atoms with Gasteiger partial charge in [-0.05, 0) is 72.8 Å². The zero-order valence-corrected chi connectivity index (χ0v) is 41.8. The van der Waals surface area contributed by atoms with E-state index in [4.69, 9.17) is 21.7 Å². The normalized spacial score (nSPS) is 9.66. The average Bonchev–Trinajstić information content (AvgIpc) is 3.83. The number of benzene rings is 4. The van der Waals surface area contributed by atoms with E-state index in [9.17, 15) is 8.78 Å². The number of carbonyl (C=O) groups excluding carboxylic acids is 1. The third-order valence-electron chi connectivity index (χ3n) is 6.83. The molecule has 16 heteroatoms. The molecule has 0 aliphatic carbocycles. The van der Waals surface area contributed by atoms with Gasteiger partial charge in [0.2, 0.25) is 11.9 Å². The van der Waals surface area contributed by atoms with Crippen molar-refractivity contribution >= 4 is 63.2 Å². The van der Waals surface area contributed by atoms with Crippen molar-refractivity contribution in [1.82, 2.24) is 29.5 Å². The van der Waals surface area contributed by atoms with Crippen LogP contribution in [0.2, 0.25) is 5.15 Å². The van der Waals surface area contributed by atoms with Crippen LogP contribution in [0.1, 0.15) is 1.43 Å². The van der Waals surface area contributed by atoms with Gasteiger partial charge in [-0.15, -0.1) is 0 Å². The number of rotatable bonds is 6. The molecule has 0 radical (unpaired) electrons. The number of aromatic nitrogens is 6. The van der Waals surface area contributed by atoms with Crippen molar-refractivity contribution in [2.24, 2.45) is 0 Å². The molecule has 4 aromatic carbocycles. The summed E-state index contributed by atoms with van der Waals surface area (Å²) < 4.78 is 28.5. The molecule has 3 N–H and O–H groups in total. The minimum Gasteiger partial charge on any atom is -1.00 e. The first kappa shape index (κ1) is 44.8. The number of hydrogen-bond donors (Lipinski definition) is 3. The van der Waals surface area contributed by atoms with Gasteiger partial charge >= 0.3 is 138 Å². The number of hydrogen-bond acceptors (Lipinski definition) is 9. The summed E-state index contributed by atoms with van der Waals surface area (Å²) in [6, 6.07) is 36.3. The van der Waals surface area contributed by atoms with E-state index < -0.39 is 0 Å². The monoisotopic (exact) mass is 972 g/mol. The van der Waals surface area contributed by atoms with Crippen molar-refractivity contribution in [3.05, 3.63) is 163 Å². The van der Waals surface area contributed by atoms with Crippen LogP contribution in [0.4, 0.5) is 32.1 Å². The topological polar surface area (TPSA) is 146 Å². The van der Waals surface area contributed by atoms with E-state index in [-0.39, 0.29) is 157 Å². The Hall–Kier alpha value is -2.60. The number of halogens is 3. The quantitative estimate of drug-likeness (QED) is 0.0988. The first-order valence-electron chi connectivity index (χ1n) is 15.1. The molecular weight excluding hydrogens is 944 g/mol. The minimum atomic E-state index is -0.238. The van der Waals surface area contributed by atoms with Crippen molar-refractivity contribution < 1.29 is 163 Å². The van der Waals surface area contributed by atoms with Gasteiger partial charge in [0, 0.05) is 52.5 Å². The van der Waals surface area contributed by atoms with E-state index >= 15 is 0 Å². The molecule has 11 nitrogen and oxygen atoms in total. The van der Waals surface area contributed by atoms with Gasteiger partial charge in [-0.25, -0.2) is 23.7 Å². The number of anilines is 4. The minimum absolute atomic E-state index is 0. The molecule has 53 heavy (non-hydrogen) atoms. The van der Waals surface area contributed by atoms with Crippen LogP contribution in [0.15, 0.2) is 146 Å². The molecule has 4 aromatic heterocycles. The molecule has 0 atom stereocenters. The Balaban J connectivity index is 0.000000279. The number of H-pyrrole nitrogens is 1. The van der Waals surface area contributed by atoms with Gasteiger partial charge < -0.3 is 31.8 Å². The number of carbonyl (C=O) groups is 1. The largest absolute Gasteiger partial charge is 1.00 e. The second-order valence-electron chi connectivity index (χ2n) is 10.2. The van der Waals surface area contributed by atoms with Crippen LogP contribution in [0, 0.1) is 11.6 Å². The molecule has 0 aliphatic rings. The van der Waals surface area contributed by atoms with Crippen molar-refractivity contribution in [1.29, 1.82) is 0 Å². The molecule has 0 unspecified atom stereocenters. The molecule has 0 bridgehead atoms. The van der Waals surface area contributed by atoms with Crippen LogP contribution < -0.4 is 154 Å². The van der Waals surface area contributed by atoms with Crippen molar-refractivity contribution in [3.63, 3.8) is 0 Å². The molecule has 0 saturated carbocycles. The van der Waals surface area contributed by atoms with Gasteiger partial charge in [-0.2, -0.15) is 4.98 Å².